The van der Waals surface area contributed by atoms with Gasteiger partial charge in [-0.05, 0) is 0 Å². The number of rotatable bonds is 21. The Balaban J connectivity index is 0.918. The summed E-state index contributed by atoms with van der Waals surface area (Å²) >= 11 is 3.04. The predicted octanol–water partition coefficient (Wildman–Crippen LogP) is 0.734. The van der Waals surface area contributed by atoms with E-state index in [1.165, 1.54) is 14.3 Å². The van der Waals surface area contributed by atoms with Gasteiger partial charge in [0.2, 0.25) is 0 Å². The van der Waals surface area contributed by atoms with Crippen molar-refractivity contribution in [1.29, 1.82) is 0 Å². The predicted molar refractivity (Wildman–Crippen MR) is 177 cm³/mol. The number of carbonyl (C=O) groups is 2. The molecule has 0 spiro atoms. The molecule has 0 aliphatic rings. The second kappa shape index (κ2) is 22.2. The van der Waals surface area contributed by atoms with Crippen LogP contribution in [0, 0.1) is 14.3 Å². The van der Waals surface area contributed by atoms with E-state index in [0.29, 0.717) is 37.6 Å². The molecule has 0 saturated heterocycles. The van der Waals surface area contributed by atoms with Gasteiger partial charge >= 0.3 is 292 Å². The monoisotopic (exact) mass is 884 g/mol. The van der Waals surface area contributed by atoms with Gasteiger partial charge in [0.15, 0.2) is 0 Å². The van der Waals surface area contributed by atoms with Crippen LogP contribution in [0.4, 0.5) is 0 Å². The summed E-state index contributed by atoms with van der Waals surface area (Å²) in [5, 5.41) is 0. The third kappa shape index (κ3) is 15.4. The van der Waals surface area contributed by atoms with Gasteiger partial charge in [-0.3, -0.25) is 0 Å². The van der Waals surface area contributed by atoms with Gasteiger partial charge in [0.05, 0.1) is 0 Å². The molecule has 0 radical (unpaired) electrons. The summed E-state index contributed by atoms with van der Waals surface area (Å²) < 4.78 is 27.4. The summed E-state index contributed by atoms with van der Waals surface area (Å²) in [4.78, 5) is 24.0. The minimum absolute atomic E-state index is 0.191. The van der Waals surface area contributed by atoms with Crippen molar-refractivity contribution in [2.75, 3.05) is 49.4 Å². The molecule has 46 heavy (non-hydrogen) atoms. The fraction of sp³-hybridized carbons (Fsp3) is 0.278. The number of thioether (sulfide) groups is 2. The van der Waals surface area contributed by atoms with Crippen LogP contribution in [0.25, 0.3) is 0 Å². The quantitative estimate of drug-likeness (QED) is 0.0691. The molecule has 0 N–H and O–H groups in total. The van der Waals surface area contributed by atoms with Crippen molar-refractivity contribution >= 4 is 35.5 Å². The van der Waals surface area contributed by atoms with E-state index in [0.717, 1.165) is 23.0 Å². The molecule has 4 aromatic rings. The number of hydrogen-bond donors (Lipinski definition) is 0. The van der Waals surface area contributed by atoms with Crippen LogP contribution < -0.4 is 51.9 Å². The Labute approximate surface area is 301 Å². The maximum atomic E-state index is 12.0. The summed E-state index contributed by atoms with van der Waals surface area (Å²) in [5.41, 5.74) is 0. The van der Waals surface area contributed by atoms with Crippen molar-refractivity contribution in [3.8, 4) is 11.5 Å². The zero-order valence-corrected chi connectivity index (χ0v) is 31.4. The Morgan fingerprint density at radius 3 is 1.22 bits per heavy atom. The fourth-order valence-corrected chi connectivity index (χ4v) is 10.2. The number of esters is 2. The first-order chi connectivity index (χ1) is 22.6. The summed E-state index contributed by atoms with van der Waals surface area (Å²) in [6.45, 7) is 1.15. The van der Waals surface area contributed by atoms with Crippen LogP contribution >= 0.6 is 23.5 Å². The van der Waals surface area contributed by atoms with Crippen LogP contribution in [0.15, 0.2) is 109 Å². The SMILES string of the molecule is O=C(CCSCCSCCC(=O)OCCOc1ccc([I-]c2ccccc2)cc1)OCCOc1ccc([I-]c2ccccc2)cc1. The number of hydrogen-bond acceptors (Lipinski definition) is 8. The Morgan fingerprint density at radius 2 is 0.826 bits per heavy atom. The van der Waals surface area contributed by atoms with Gasteiger partial charge in [-0.25, -0.2) is 0 Å². The van der Waals surface area contributed by atoms with Crippen molar-refractivity contribution in [2.45, 2.75) is 12.8 Å². The standard InChI is InChI=1S/C36H38I2O6S2/c39-35(43-23-21-41-33-15-11-31(12-16-33)37-29-7-3-1-4-8-29)19-25-45-27-28-46-26-20-36(40)44-24-22-42-34-17-13-32(14-18-34)38-30-9-5-2-6-10-30/h1-18H,19-28H2/q-2. The van der Waals surface area contributed by atoms with Crippen molar-refractivity contribution in [2.24, 2.45) is 0 Å². The van der Waals surface area contributed by atoms with Crippen LogP contribution in [0.2, 0.25) is 0 Å². The van der Waals surface area contributed by atoms with Crippen LogP contribution in [0.3, 0.4) is 0 Å². The van der Waals surface area contributed by atoms with E-state index in [2.05, 4.69) is 72.8 Å². The molecule has 0 aliphatic carbocycles. The Bertz CT molecular complexity index is 1310. The molecule has 0 fully saturated rings. The van der Waals surface area contributed by atoms with Crippen molar-refractivity contribution < 1.29 is 70.9 Å². The van der Waals surface area contributed by atoms with Crippen molar-refractivity contribution in [1.82, 2.24) is 0 Å². The molecule has 0 bridgehead atoms. The average Bonchev–Trinajstić information content (AvgIpc) is 3.08. The van der Waals surface area contributed by atoms with Crippen LogP contribution in [-0.2, 0) is 19.1 Å². The molecule has 6 nitrogen and oxygen atoms in total. The summed E-state index contributed by atoms with van der Waals surface area (Å²) in [5.74, 6) is 4.41. The molecular formula is C36H38I2O6S2-2. The number of carbonyl (C=O) groups excluding carboxylic acids is 2. The molecule has 10 heteroatoms. The van der Waals surface area contributed by atoms with Gasteiger partial charge < -0.3 is 0 Å². The first kappa shape index (κ1) is 36.4. The molecule has 0 heterocycles. The number of benzene rings is 4. The molecular weight excluding hydrogens is 846 g/mol. The van der Waals surface area contributed by atoms with Crippen LogP contribution in [0.1, 0.15) is 12.8 Å². The van der Waals surface area contributed by atoms with Gasteiger partial charge in [-0.15, -0.1) is 0 Å². The summed E-state index contributed by atoms with van der Waals surface area (Å²) in [6.07, 6.45) is 0.752. The zero-order valence-electron chi connectivity index (χ0n) is 25.5. The van der Waals surface area contributed by atoms with Crippen LogP contribution in [0.5, 0.6) is 11.5 Å². The van der Waals surface area contributed by atoms with E-state index in [1.807, 2.05) is 36.4 Å². The topological polar surface area (TPSA) is 71.1 Å². The molecule has 0 saturated carbocycles. The summed E-state index contributed by atoms with van der Waals surface area (Å²) in [6, 6.07) is 37.3. The molecule has 246 valence electrons. The Hall–Kier alpha value is -2.42. The van der Waals surface area contributed by atoms with Gasteiger partial charge in [-0.2, -0.15) is 0 Å². The maximum absolute atomic E-state index is 12.0. The van der Waals surface area contributed by atoms with E-state index < -0.39 is 0 Å². The molecule has 0 amide bonds. The molecule has 0 aliphatic heterocycles. The van der Waals surface area contributed by atoms with E-state index in [-0.39, 0.29) is 67.6 Å². The van der Waals surface area contributed by atoms with Crippen molar-refractivity contribution in [3.05, 3.63) is 123 Å². The number of halogens is 2. The van der Waals surface area contributed by atoms with Gasteiger partial charge in [0.25, 0.3) is 0 Å². The molecule has 4 aromatic carbocycles. The Kier molecular flexibility index (Phi) is 17.6. The Morgan fingerprint density at radius 1 is 0.457 bits per heavy atom. The van der Waals surface area contributed by atoms with E-state index >= 15 is 0 Å². The van der Waals surface area contributed by atoms with Gasteiger partial charge in [0, 0.05) is 11.5 Å². The fourth-order valence-electron chi connectivity index (χ4n) is 3.80. The van der Waals surface area contributed by atoms with E-state index in [9.17, 15) is 9.59 Å². The molecule has 0 atom stereocenters. The molecule has 0 aromatic heterocycles. The summed E-state index contributed by atoms with van der Waals surface area (Å²) in [7, 11) is 0. The first-order valence-corrected chi connectivity index (χ1v) is 21.6. The van der Waals surface area contributed by atoms with Crippen LogP contribution in [-0.4, -0.2) is 61.4 Å². The molecule has 4 rings (SSSR count). The van der Waals surface area contributed by atoms with E-state index in [1.54, 1.807) is 23.5 Å². The first-order valence-electron chi connectivity index (χ1n) is 15.0. The van der Waals surface area contributed by atoms with Crippen molar-refractivity contribution in [3.63, 3.8) is 0 Å². The second-order valence-electron chi connectivity index (χ2n) is 9.55. The third-order valence-corrected chi connectivity index (χ3v) is 13.6. The number of ether oxygens (including phenoxy) is 4. The minimum atomic E-state index is -0.208. The third-order valence-electron chi connectivity index (χ3n) is 6.03. The zero-order chi connectivity index (χ0) is 32.1. The molecule has 0 unspecified atom stereocenters. The average molecular weight is 885 g/mol. The van der Waals surface area contributed by atoms with E-state index in [4.69, 9.17) is 18.9 Å². The second-order valence-corrected chi connectivity index (χ2v) is 18.1. The normalized spacial score (nSPS) is 10.9. The van der Waals surface area contributed by atoms with Gasteiger partial charge in [0.1, 0.15) is 0 Å². The van der Waals surface area contributed by atoms with Gasteiger partial charge in [-0.1, -0.05) is 0 Å².